The summed E-state index contributed by atoms with van der Waals surface area (Å²) in [7, 11) is 0. The van der Waals surface area contributed by atoms with Crippen molar-refractivity contribution in [3.8, 4) is 11.5 Å². The highest BCUT2D eigenvalue weighted by Crippen LogP contribution is 2.39. The van der Waals surface area contributed by atoms with Crippen LogP contribution >= 0.6 is 0 Å². The Hall–Kier alpha value is -1.79. The molecule has 1 aromatic carbocycles. The van der Waals surface area contributed by atoms with Crippen LogP contribution in [0, 0.1) is 0 Å². The number of hydrogen-bond donors (Lipinski definition) is 1. The van der Waals surface area contributed by atoms with Gasteiger partial charge in [0.05, 0.1) is 31.0 Å². The van der Waals surface area contributed by atoms with E-state index in [-0.39, 0.29) is 23.7 Å². The van der Waals surface area contributed by atoms with E-state index >= 15 is 0 Å². The van der Waals surface area contributed by atoms with Crippen LogP contribution in [0.25, 0.3) is 0 Å². The van der Waals surface area contributed by atoms with Crippen LogP contribution in [0.1, 0.15) is 63.2 Å². The van der Waals surface area contributed by atoms with Crippen molar-refractivity contribution in [3.05, 3.63) is 23.8 Å². The number of aliphatic hydroxyl groups is 1. The Kier molecular flexibility index (Phi) is 6.83. The summed E-state index contributed by atoms with van der Waals surface area (Å²) in [4.78, 5) is 14.9. The lowest BCUT2D eigenvalue weighted by Crippen LogP contribution is -2.53. The third-order valence-electron chi connectivity index (χ3n) is 5.77. The number of benzene rings is 1. The first-order valence-corrected chi connectivity index (χ1v) is 10.5. The van der Waals surface area contributed by atoms with Crippen molar-refractivity contribution >= 4 is 5.91 Å². The monoisotopic (exact) mass is 391 g/mol. The Bertz CT molecular complexity index is 669. The van der Waals surface area contributed by atoms with E-state index in [1.165, 1.54) is 0 Å². The first-order chi connectivity index (χ1) is 13.5. The zero-order chi connectivity index (χ0) is 20.1. The van der Waals surface area contributed by atoms with Gasteiger partial charge in [-0.05, 0) is 57.7 Å². The van der Waals surface area contributed by atoms with Crippen molar-refractivity contribution in [1.29, 1.82) is 0 Å². The van der Waals surface area contributed by atoms with Gasteiger partial charge < -0.3 is 24.2 Å². The Morgan fingerprint density at radius 1 is 1.18 bits per heavy atom. The largest absolute Gasteiger partial charge is 0.490 e. The molecule has 0 radical (unpaired) electrons. The lowest BCUT2D eigenvalue weighted by Gasteiger charge is -2.47. The Morgan fingerprint density at radius 3 is 2.50 bits per heavy atom. The zero-order valence-electron chi connectivity index (χ0n) is 17.3. The molecule has 0 aliphatic carbocycles. The minimum Gasteiger partial charge on any atom is -0.490 e. The van der Waals surface area contributed by atoms with Gasteiger partial charge in [0.15, 0.2) is 11.5 Å². The second kappa shape index (κ2) is 9.14. The molecule has 0 unspecified atom stereocenters. The van der Waals surface area contributed by atoms with Crippen LogP contribution in [-0.2, 0) is 4.74 Å². The summed E-state index contributed by atoms with van der Waals surface area (Å²) in [6.07, 6.45) is 3.64. The SMILES string of the molecule is CCOc1ccc(C(=O)N2CCC3(CC2)C[C@H](O)C[C@H](CC)O3)cc1OCC. The highest BCUT2D eigenvalue weighted by molar-refractivity contribution is 5.95. The molecule has 6 nitrogen and oxygen atoms in total. The van der Waals surface area contributed by atoms with Gasteiger partial charge in [0, 0.05) is 25.1 Å². The normalized spacial score (nSPS) is 24.2. The van der Waals surface area contributed by atoms with Gasteiger partial charge in [-0.25, -0.2) is 0 Å². The molecule has 2 aliphatic rings. The molecule has 0 aromatic heterocycles. The summed E-state index contributed by atoms with van der Waals surface area (Å²) < 4.78 is 17.6. The molecule has 1 aromatic rings. The Morgan fingerprint density at radius 2 is 1.86 bits per heavy atom. The van der Waals surface area contributed by atoms with Crippen molar-refractivity contribution in [2.24, 2.45) is 0 Å². The lowest BCUT2D eigenvalue weighted by atomic mass is 9.81. The van der Waals surface area contributed by atoms with Gasteiger partial charge in [0.2, 0.25) is 0 Å². The van der Waals surface area contributed by atoms with Gasteiger partial charge in [-0.3, -0.25) is 4.79 Å². The average Bonchev–Trinajstić information content (AvgIpc) is 2.69. The van der Waals surface area contributed by atoms with E-state index in [0.717, 1.165) is 19.3 Å². The predicted molar refractivity (Wildman–Crippen MR) is 107 cm³/mol. The quantitative estimate of drug-likeness (QED) is 0.805. The molecule has 28 heavy (non-hydrogen) atoms. The van der Waals surface area contributed by atoms with Gasteiger partial charge in [-0.1, -0.05) is 6.92 Å². The van der Waals surface area contributed by atoms with E-state index < -0.39 is 0 Å². The molecule has 2 heterocycles. The van der Waals surface area contributed by atoms with Crippen LogP contribution in [-0.4, -0.2) is 60.0 Å². The smallest absolute Gasteiger partial charge is 0.253 e. The number of piperidine rings is 1. The number of carbonyl (C=O) groups is 1. The number of likely N-dealkylation sites (tertiary alicyclic amines) is 1. The zero-order valence-corrected chi connectivity index (χ0v) is 17.3. The first kappa shape index (κ1) is 20.9. The van der Waals surface area contributed by atoms with E-state index in [2.05, 4.69) is 6.92 Å². The number of carbonyl (C=O) groups excluding carboxylic acids is 1. The first-order valence-electron chi connectivity index (χ1n) is 10.5. The van der Waals surface area contributed by atoms with E-state index in [9.17, 15) is 9.90 Å². The second-order valence-electron chi connectivity index (χ2n) is 7.74. The summed E-state index contributed by atoms with van der Waals surface area (Å²) in [6, 6.07) is 5.38. The van der Waals surface area contributed by atoms with Crippen molar-refractivity contribution < 1.29 is 24.1 Å². The molecule has 156 valence electrons. The van der Waals surface area contributed by atoms with Gasteiger partial charge in [-0.2, -0.15) is 0 Å². The number of nitrogens with zero attached hydrogens (tertiary/aromatic N) is 1. The van der Waals surface area contributed by atoms with Gasteiger partial charge in [0.1, 0.15) is 0 Å². The number of ether oxygens (including phenoxy) is 3. The molecule has 2 fully saturated rings. The molecular weight excluding hydrogens is 358 g/mol. The van der Waals surface area contributed by atoms with Gasteiger partial charge in [-0.15, -0.1) is 0 Å². The van der Waals surface area contributed by atoms with E-state index in [0.29, 0.717) is 56.2 Å². The van der Waals surface area contributed by atoms with E-state index in [4.69, 9.17) is 14.2 Å². The van der Waals surface area contributed by atoms with Crippen LogP contribution in [0.2, 0.25) is 0 Å². The molecule has 0 saturated carbocycles. The third kappa shape index (κ3) is 4.61. The fourth-order valence-corrected chi connectivity index (χ4v) is 4.32. The molecule has 1 N–H and O–H groups in total. The molecule has 2 aliphatic heterocycles. The topological polar surface area (TPSA) is 68.2 Å². The second-order valence-corrected chi connectivity index (χ2v) is 7.74. The van der Waals surface area contributed by atoms with Gasteiger partial charge >= 0.3 is 0 Å². The van der Waals surface area contributed by atoms with Crippen LogP contribution in [0.15, 0.2) is 18.2 Å². The maximum atomic E-state index is 13.0. The maximum absolute atomic E-state index is 13.0. The predicted octanol–water partition coefficient (Wildman–Crippen LogP) is 3.41. The molecule has 2 saturated heterocycles. The average molecular weight is 392 g/mol. The summed E-state index contributed by atoms with van der Waals surface area (Å²) in [5.41, 5.74) is 0.323. The molecule has 1 spiro atoms. The molecule has 2 atom stereocenters. The maximum Gasteiger partial charge on any atom is 0.253 e. The molecule has 3 rings (SSSR count). The Balaban J connectivity index is 1.67. The highest BCUT2D eigenvalue weighted by atomic mass is 16.5. The minimum atomic E-state index is -0.305. The van der Waals surface area contributed by atoms with Crippen LogP contribution in [0.3, 0.4) is 0 Å². The molecule has 1 amide bonds. The summed E-state index contributed by atoms with van der Waals surface area (Å²) in [5, 5.41) is 10.2. The van der Waals surface area contributed by atoms with Crippen LogP contribution in [0.4, 0.5) is 0 Å². The number of rotatable bonds is 6. The summed E-state index contributed by atoms with van der Waals surface area (Å²) >= 11 is 0. The minimum absolute atomic E-state index is 0.00208. The molecular formula is C22H33NO5. The van der Waals surface area contributed by atoms with Crippen LogP contribution < -0.4 is 9.47 Å². The van der Waals surface area contributed by atoms with Gasteiger partial charge in [0.25, 0.3) is 5.91 Å². The van der Waals surface area contributed by atoms with Crippen molar-refractivity contribution in [2.75, 3.05) is 26.3 Å². The number of aliphatic hydroxyl groups excluding tert-OH is 1. The highest BCUT2D eigenvalue weighted by Gasteiger charge is 2.43. The van der Waals surface area contributed by atoms with Crippen molar-refractivity contribution in [2.45, 2.75) is 70.7 Å². The number of hydrogen-bond acceptors (Lipinski definition) is 5. The molecule has 0 bridgehead atoms. The van der Waals surface area contributed by atoms with E-state index in [1.807, 2.05) is 18.7 Å². The van der Waals surface area contributed by atoms with Crippen LogP contribution in [0.5, 0.6) is 11.5 Å². The van der Waals surface area contributed by atoms with Crippen molar-refractivity contribution in [1.82, 2.24) is 4.90 Å². The summed E-state index contributed by atoms with van der Waals surface area (Å²) in [5.74, 6) is 1.27. The summed E-state index contributed by atoms with van der Waals surface area (Å²) in [6.45, 7) is 8.27. The third-order valence-corrected chi connectivity index (χ3v) is 5.77. The fourth-order valence-electron chi connectivity index (χ4n) is 4.32. The fraction of sp³-hybridized carbons (Fsp3) is 0.682. The van der Waals surface area contributed by atoms with Crippen molar-refractivity contribution in [3.63, 3.8) is 0 Å². The van der Waals surface area contributed by atoms with E-state index in [1.54, 1.807) is 18.2 Å². The standard InChI is InChI=1S/C22H33NO5/c1-4-18-14-17(24)15-22(28-18)9-11-23(12-10-22)21(25)16-7-8-19(26-5-2)20(13-16)27-6-3/h7-8,13,17-18,24H,4-6,9-12,14-15H2,1-3H3/t17-,18+/m1/s1. The lowest BCUT2D eigenvalue weighted by molar-refractivity contribution is -0.179. The number of amides is 1. The Labute approximate surface area is 167 Å². The molecule has 6 heteroatoms.